The van der Waals surface area contributed by atoms with Crippen LogP contribution in [0.15, 0.2) is 72.8 Å². The Balaban J connectivity index is 1.28. The monoisotopic (exact) mass is 642 g/mol. The number of benzene rings is 3. The molecular formula is C30H29F7N4O4. The number of nitrogens with zero attached hydrogens (tertiary/aromatic N) is 2. The Bertz CT molecular complexity index is 1460. The second-order valence-corrected chi connectivity index (χ2v) is 10.4. The van der Waals surface area contributed by atoms with Crippen LogP contribution < -0.4 is 10.6 Å². The third kappa shape index (κ3) is 7.72. The molecule has 3 amide bonds. The zero-order chi connectivity index (χ0) is 33.0. The van der Waals surface area contributed by atoms with Crippen LogP contribution in [-0.2, 0) is 12.1 Å². The number of urea groups is 1. The van der Waals surface area contributed by atoms with Crippen molar-refractivity contribution in [3.63, 3.8) is 0 Å². The predicted octanol–water partition coefficient (Wildman–Crippen LogP) is 4.95. The lowest BCUT2D eigenvalue weighted by Crippen LogP contribution is -2.53. The molecule has 3 aromatic rings. The SMILES string of the molecule is O=C(NC[C@@H](O)c1ccccc1)Nc1ccc(C(=O)N2CCN(Cc3ccc(C(O)(C(F)(F)F)C(F)(F)F)cc3)CC2)cc1F. The van der Waals surface area contributed by atoms with E-state index in [2.05, 4.69) is 10.6 Å². The third-order valence-electron chi connectivity index (χ3n) is 7.36. The van der Waals surface area contributed by atoms with Crippen LogP contribution in [0, 0.1) is 5.82 Å². The number of rotatable bonds is 8. The molecule has 0 unspecified atom stereocenters. The fourth-order valence-electron chi connectivity index (χ4n) is 4.79. The molecule has 242 valence electrons. The summed E-state index contributed by atoms with van der Waals surface area (Å²) in [5.74, 6) is -1.33. The molecule has 3 aromatic carbocycles. The van der Waals surface area contributed by atoms with Crippen molar-refractivity contribution >= 4 is 17.6 Å². The van der Waals surface area contributed by atoms with Crippen LogP contribution in [0.5, 0.6) is 0 Å². The zero-order valence-corrected chi connectivity index (χ0v) is 23.5. The van der Waals surface area contributed by atoms with Crippen LogP contribution in [0.4, 0.5) is 41.2 Å². The van der Waals surface area contributed by atoms with Gasteiger partial charge >= 0.3 is 18.4 Å². The number of carbonyl (C=O) groups is 2. The molecule has 1 heterocycles. The van der Waals surface area contributed by atoms with Gasteiger partial charge < -0.3 is 25.7 Å². The van der Waals surface area contributed by atoms with E-state index in [-0.39, 0.29) is 37.4 Å². The van der Waals surface area contributed by atoms with Gasteiger partial charge in [-0.2, -0.15) is 26.3 Å². The average Bonchev–Trinajstić information content (AvgIpc) is 3.00. The highest BCUT2D eigenvalue weighted by Gasteiger charge is 2.71. The van der Waals surface area contributed by atoms with Gasteiger partial charge in [-0.15, -0.1) is 0 Å². The van der Waals surface area contributed by atoms with E-state index in [1.54, 1.807) is 30.3 Å². The van der Waals surface area contributed by atoms with Crippen LogP contribution in [0.25, 0.3) is 0 Å². The lowest BCUT2D eigenvalue weighted by atomic mass is 9.91. The van der Waals surface area contributed by atoms with Gasteiger partial charge in [-0.05, 0) is 29.3 Å². The number of halogens is 7. The Labute approximate surface area is 253 Å². The molecule has 45 heavy (non-hydrogen) atoms. The molecule has 0 spiro atoms. The largest absolute Gasteiger partial charge is 0.430 e. The van der Waals surface area contributed by atoms with Crippen molar-refractivity contribution in [1.29, 1.82) is 0 Å². The number of aliphatic hydroxyl groups is 2. The normalized spacial score (nSPS) is 15.4. The van der Waals surface area contributed by atoms with Crippen molar-refractivity contribution in [2.24, 2.45) is 0 Å². The van der Waals surface area contributed by atoms with E-state index in [1.165, 1.54) is 17.0 Å². The summed E-state index contributed by atoms with van der Waals surface area (Å²) >= 11 is 0. The topological polar surface area (TPSA) is 105 Å². The first kappa shape index (κ1) is 33.7. The van der Waals surface area contributed by atoms with Crippen molar-refractivity contribution < 1.29 is 50.5 Å². The maximum absolute atomic E-state index is 14.7. The van der Waals surface area contributed by atoms with Gasteiger partial charge in [-0.25, -0.2) is 9.18 Å². The molecule has 0 aromatic heterocycles. The fourth-order valence-corrected chi connectivity index (χ4v) is 4.79. The summed E-state index contributed by atoms with van der Waals surface area (Å²) in [5.41, 5.74) is -5.51. The maximum atomic E-state index is 14.7. The number of aliphatic hydroxyl groups excluding tert-OH is 1. The molecule has 15 heteroatoms. The van der Waals surface area contributed by atoms with Gasteiger partial charge in [0, 0.05) is 50.4 Å². The van der Waals surface area contributed by atoms with E-state index in [9.17, 15) is 50.5 Å². The van der Waals surface area contributed by atoms with Crippen LogP contribution in [-0.4, -0.2) is 77.0 Å². The summed E-state index contributed by atoms with van der Waals surface area (Å²) in [6, 6.07) is 14.7. The molecule has 4 rings (SSSR count). The van der Waals surface area contributed by atoms with Crippen molar-refractivity contribution in [2.75, 3.05) is 38.0 Å². The summed E-state index contributed by atoms with van der Waals surface area (Å²) in [6.07, 6.45) is -12.9. The predicted molar refractivity (Wildman–Crippen MR) is 148 cm³/mol. The highest BCUT2D eigenvalue weighted by atomic mass is 19.4. The molecule has 1 saturated heterocycles. The number of carbonyl (C=O) groups excluding carboxylic acids is 2. The Kier molecular flexibility index (Phi) is 10.0. The van der Waals surface area contributed by atoms with Gasteiger partial charge in [0.05, 0.1) is 11.8 Å². The Morgan fingerprint density at radius 3 is 2.00 bits per heavy atom. The summed E-state index contributed by atoms with van der Waals surface area (Å²) in [4.78, 5) is 28.4. The number of hydrogen-bond acceptors (Lipinski definition) is 5. The molecule has 1 aliphatic rings. The van der Waals surface area contributed by atoms with E-state index in [0.29, 0.717) is 36.3 Å². The molecule has 8 nitrogen and oxygen atoms in total. The molecule has 0 radical (unpaired) electrons. The maximum Gasteiger partial charge on any atom is 0.430 e. The second kappa shape index (κ2) is 13.4. The standard InChI is InChI=1S/C30H29F7N4O4/c31-23-16-21(8-11-24(23)39-27(44)38-17-25(42)20-4-2-1-3-5-20)26(43)41-14-12-40(13-15-41)18-19-6-9-22(10-7-19)28(45,29(32,33)34)30(35,36)37/h1-11,16,25,42,45H,12-15,17-18H2,(H2,38,39,44)/t25-/m1/s1. The number of hydrogen-bond donors (Lipinski definition) is 4. The Hall–Kier alpha value is -4.21. The van der Waals surface area contributed by atoms with Gasteiger partial charge in [0.15, 0.2) is 0 Å². The number of anilines is 1. The molecule has 4 N–H and O–H groups in total. The molecule has 0 saturated carbocycles. The summed E-state index contributed by atoms with van der Waals surface area (Å²) in [5, 5.41) is 24.5. The minimum atomic E-state index is -5.98. The highest BCUT2D eigenvalue weighted by molar-refractivity contribution is 5.95. The lowest BCUT2D eigenvalue weighted by molar-refractivity contribution is -0.376. The van der Waals surface area contributed by atoms with E-state index in [1.807, 2.05) is 4.90 Å². The molecule has 1 atom stereocenters. The van der Waals surface area contributed by atoms with E-state index < -0.39 is 47.4 Å². The van der Waals surface area contributed by atoms with Crippen LogP contribution in [0.1, 0.15) is 33.2 Å². The lowest BCUT2D eigenvalue weighted by Gasteiger charge is -2.35. The van der Waals surface area contributed by atoms with Gasteiger partial charge in [-0.3, -0.25) is 9.69 Å². The first-order valence-corrected chi connectivity index (χ1v) is 13.6. The molecule has 0 bridgehead atoms. The number of piperazine rings is 1. The number of amides is 3. The second-order valence-electron chi connectivity index (χ2n) is 10.4. The van der Waals surface area contributed by atoms with Crippen LogP contribution in [0.3, 0.4) is 0 Å². The zero-order valence-electron chi connectivity index (χ0n) is 23.5. The minimum absolute atomic E-state index is 0.0313. The Morgan fingerprint density at radius 2 is 1.44 bits per heavy atom. The quantitative estimate of drug-likeness (QED) is 0.261. The van der Waals surface area contributed by atoms with E-state index in [4.69, 9.17) is 0 Å². The van der Waals surface area contributed by atoms with Crippen LogP contribution in [0.2, 0.25) is 0 Å². The van der Waals surface area contributed by atoms with Gasteiger partial charge in [-0.1, -0.05) is 54.6 Å². The average molecular weight is 643 g/mol. The van der Waals surface area contributed by atoms with Crippen molar-refractivity contribution in [1.82, 2.24) is 15.1 Å². The Morgan fingerprint density at radius 1 is 0.844 bits per heavy atom. The molecular weight excluding hydrogens is 613 g/mol. The number of nitrogens with one attached hydrogen (secondary N) is 2. The van der Waals surface area contributed by atoms with Gasteiger partial charge in [0.1, 0.15) is 5.82 Å². The molecule has 0 aliphatic carbocycles. The minimum Gasteiger partial charge on any atom is -0.387 e. The summed E-state index contributed by atoms with van der Waals surface area (Å²) < 4.78 is 93.4. The first-order valence-electron chi connectivity index (χ1n) is 13.6. The smallest absolute Gasteiger partial charge is 0.387 e. The van der Waals surface area contributed by atoms with Gasteiger partial charge in [0.25, 0.3) is 11.5 Å². The summed E-state index contributed by atoms with van der Waals surface area (Å²) in [6.45, 7) is 1.11. The van der Waals surface area contributed by atoms with E-state index in [0.717, 1.165) is 18.2 Å². The fraction of sp³-hybridized carbons (Fsp3) is 0.333. The molecule has 1 aliphatic heterocycles. The number of alkyl halides is 6. The highest BCUT2D eigenvalue weighted by Crippen LogP contribution is 2.50. The third-order valence-corrected chi connectivity index (χ3v) is 7.36. The van der Waals surface area contributed by atoms with Crippen molar-refractivity contribution in [3.05, 3.63) is 101 Å². The molecule has 1 fully saturated rings. The van der Waals surface area contributed by atoms with Crippen molar-refractivity contribution in [2.45, 2.75) is 30.6 Å². The first-order chi connectivity index (χ1) is 21.1. The summed E-state index contributed by atoms with van der Waals surface area (Å²) in [7, 11) is 0. The van der Waals surface area contributed by atoms with Crippen molar-refractivity contribution in [3.8, 4) is 0 Å². The van der Waals surface area contributed by atoms with Crippen LogP contribution >= 0.6 is 0 Å². The van der Waals surface area contributed by atoms with E-state index >= 15 is 0 Å². The van der Waals surface area contributed by atoms with Gasteiger partial charge in [0.2, 0.25) is 0 Å².